The van der Waals surface area contributed by atoms with E-state index < -0.39 is 37.7 Å². The van der Waals surface area contributed by atoms with Crippen LogP contribution in [0.1, 0.15) is 130 Å². The number of nitrogens with one attached hydrogen (secondary N) is 2. The maximum Gasteiger partial charge on any atom is 0.330 e. The van der Waals surface area contributed by atoms with Crippen LogP contribution in [0.5, 0.6) is 0 Å². The fraction of sp³-hybridized carbons (Fsp3) is 0.844. The summed E-state index contributed by atoms with van der Waals surface area (Å²) in [6, 6.07) is 1.26. The third-order valence-electron chi connectivity index (χ3n) is 8.83. The number of amides is 1. The van der Waals surface area contributed by atoms with Gasteiger partial charge in [0.1, 0.15) is 12.7 Å². The Morgan fingerprint density at radius 3 is 2.09 bits per heavy atom. The standard InChI is InChI=1S/C32H59N3O7Si/c1-8-9-10-11-12-13-14-15-16-17-18-19-20-21-28(37)34-40-25-32(42-43(6,7)31(2,3)4)24-26(39-5)29(41-32)35-23-22-27(36)33-30(35)38/h22-23,26,29H,8-21,24-25H2,1-7H3,(H,34,37)(H,33,36,38)/t26-,29+,32+/m0/s1. The zero-order chi connectivity index (χ0) is 31.9. The Kier molecular flexibility index (Phi) is 15.9. The molecule has 43 heavy (non-hydrogen) atoms. The maximum absolute atomic E-state index is 12.6. The Labute approximate surface area is 259 Å². The molecule has 1 aromatic heterocycles. The minimum Gasteiger partial charge on any atom is -0.388 e. The highest BCUT2D eigenvalue weighted by molar-refractivity contribution is 6.74. The first-order valence-electron chi connectivity index (χ1n) is 16.5. The van der Waals surface area contributed by atoms with E-state index in [4.69, 9.17) is 18.7 Å². The molecule has 0 saturated carbocycles. The lowest BCUT2D eigenvalue weighted by Gasteiger charge is -2.43. The Bertz CT molecular complexity index is 1070. The van der Waals surface area contributed by atoms with Gasteiger partial charge in [0.05, 0.1) is 0 Å². The highest BCUT2D eigenvalue weighted by Crippen LogP contribution is 2.45. The molecular weight excluding hydrogens is 566 g/mol. The average Bonchev–Trinajstić information content (AvgIpc) is 3.28. The molecule has 1 amide bonds. The second kappa shape index (κ2) is 18.2. The predicted molar refractivity (Wildman–Crippen MR) is 172 cm³/mol. The van der Waals surface area contributed by atoms with Gasteiger partial charge in [0, 0.05) is 32.2 Å². The molecule has 2 rings (SSSR count). The summed E-state index contributed by atoms with van der Waals surface area (Å²) >= 11 is 0. The van der Waals surface area contributed by atoms with Crippen molar-refractivity contribution in [3.05, 3.63) is 33.1 Å². The minimum absolute atomic E-state index is 0.0711. The minimum atomic E-state index is -2.39. The normalized spacial score (nSPS) is 20.9. The molecule has 1 saturated heterocycles. The van der Waals surface area contributed by atoms with Crippen molar-refractivity contribution in [2.45, 2.75) is 160 Å². The van der Waals surface area contributed by atoms with Gasteiger partial charge in [-0.3, -0.25) is 24.0 Å². The molecule has 1 aromatic rings. The van der Waals surface area contributed by atoms with Crippen molar-refractivity contribution in [2.24, 2.45) is 0 Å². The lowest BCUT2D eigenvalue weighted by atomic mass is 10.0. The molecule has 248 valence electrons. The van der Waals surface area contributed by atoms with Crippen molar-refractivity contribution in [2.75, 3.05) is 13.7 Å². The molecule has 3 atom stereocenters. The summed E-state index contributed by atoms with van der Waals surface area (Å²) in [5, 5.41) is -0.129. The predicted octanol–water partition coefficient (Wildman–Crippen LogP) is 6.72. The molecule has 1 fully saturated rings. The quantitative estimate of drug-likeness (QED) is 0.0884. The van der Waals surface area contributed by atoms with Crippen molar-refractivity contribution in [1.29, 1.82) is 0 Å². The lowest BCUT2D eigenvalue weighted by Crippen LogP contribution is -2.53. The van der Waals surface area contributed by atoms with Crippen molar-refractivity contribution in [3.63, 3.8) is 0 Å². The van der Waals surface area contributed by atoms with Crippen LogP contribution < -0.4 is 16.7 Å². The van der Waals surface area contributed by atoms with Gasteiger partial charge in [0.25, 0.3) is 5.56 Å². The molecule has 0 aromatic carbocycles. The van der Waals surface area contributed by atoms with Crippen LogP contribution in [0.25, 0.3) is 0 Å². The van der Waals surface area contributed by atoms with E-state index in [1.54, 1.807) is 7.11 Å². The number of methoxy groups -OCH3 is 1. The number of ether oxygens (including phenoxy) is 2. The topological polar surface area (TPSA) is 121 Å². The lowest BCUT2D eigenvalue weighted by molar-refractivity contribution is -0.234. The molecule has 0 spiro atoms. The van der Waals surface area contributed by atoms with E-state index in [9.17, 15) is 14.4 Å². The zero-order valence-electron chi connectivity index (χ0n) is 27.9. The van der Waals surface area contributed by atoms with Crippen LogP contribution >= 0.6 is 0 Å². The Morgan fingerprint density at radius 1 is 1.02 bits per heavy atom. The Balaban J connectivity index is 1.83. The van der Waals surface area contributed by atoms with Crippen LogP contribution in [0.3, 0.4) is 0 Å². The fourth-order valence-corrected chi connectivity index (χ4v) is 6.63. The summed E-state index contributed by atoms with van der Waals surface area (Å²) in [6.45, 7) is 12.8. The second-order valence-electron chi connectivity index (χ2n) is 13.6. The van der Waals surface area contributed by atoms with E-state index in [0.29, 0.717) is 6.42 Å². The Hall–Kier alpha value is -1.79. The molecule has 0 radical (unpaired) electrons. The van der Waals surface area contributed by atoms with Crippen molar-refractivity contribution in [1.82, 2.24) is 15.0 Å². The third kappa shape index (κ3) is 12.6. The van der Waals surface area contributed by atoms with Crippen LogP contribution in [0.4, 0.5) is 0 Å². The van der Waals surface area contributed by atoms with Gasteiger partial charge < -0.3 is 13.9 Å². The number of hydrogen-bond donors (Lipinski definition) is 2. The number of unbranched alkanes of at least 4 members (excludes halogenated alkanes) is 12. The molecule has 0 unspecified atom stereocenters. The molecule has 1 aliphatic rings. The first-order chi connectivity index (χ1) is 20.3. The van der Waals surface area contributed by atoms with E-state index in [2.05, 4.69) is 51.3 Å². The number of H-pyrrole nitrogens is 1. The number of hydroxylamine groups is 1. The molecule has 2 N–H and O–H groups in total. The molecule has 2 heterocycles. The Morgan fingerprint density at radius 2 is 1.58 bits per heavy atom. The van der Waals surface area contributed by atoms with Crippen LogP contribution in [0.2, 0.25) is 18.1 Å². The summed E-state index contributed by atoms with van der Waals surface area (Å²) in [6.07, 6.45) is 17.0. The number of carbonyl (C=O) groups excluding carboxylic acids is 1. The van der Waals surface area contributed by atoms with Crippen molar-refractivity contribution in [3.8, 4) is 0 Å². The van der Waals surface area contributed by atoms with Gasteiger partial charge in [-0.2, -0.15) is 0 Å². The van der Waals surface area contributed by atoms with Gasteiger partial charge in [0.2, 0.25) is 5.91 Å². The molecular formula is C32H59N3O7Si. The van der Waals surface area contributed by atoms with Gasteiger partial charge in [-0.1, -0.05) is 105 Å². The molecule has 10 nitrogen and oxygen atoms in total. The van der Waals surface area contributed by atoms with Crippen LogP contribution in [-0.4, -0.2) is 49.4 Å². The molecule has 0 bridgehead atoms. The largest absolute Gasteiger partial charge is 0.388 e. The summed E-state index contributed by atoms with van der Waals surface area (Å²) in [4.78, 5) is 44.7. The van der Waals surface area contributed by atoms with E-state index in [0.717, 1.165) is 19.3 Å². The highest BCUT2D eigenvalue weighted by Gasteiger charge is 2.54. The number of carbonyl (C=O) groups is 1. The van der Waals surface area contributed by atoms with Crippen LogP contribution in [0, 0.1) is 0 Å². The highest BCUT2D eigenvalue weighted by atomic mass is 28.4. The molecule has 0 aliphatic carbocycles. The summed E-state index contributed by atoms with van der Waals surface area (Å²) in [5.41, 5.74) is 1.47. The van der Waals surface area contributed by atoms with Gasteiger partial charge in [-0.05, 0) is 24.6 Å². The van der Waals surface area contributed by atoms with Crippen LogP contribution in [-0.2, 0) is 23.5 Å². The van der Waals surface area contributed by atoms with Crippen LogP contribution in [0.15, 0.2) is 21.9 Å². The number of aromatic amines is 1. The second-order valence-corrected chi connectivity index (χ2v) is 18.3. The third-order valence-corrected chi connectivity index (χ3v) is 13.3. The number of nitrogens with zero attached hydrogens (tertiary/aromatic N) is 1. The van der Waals surface area contributed by atoms with Gasteiger partial charge in [-0.25, -0.2) is 10.3 Å². The number of aromatic nitrogens is 2. The van der Waals surface area contributed by atoms with Gasteiger partial charge in [0.15, 0.2) is 20.3 Å². The van der Waals surface area contributed by atoms with E-state index in [-0.39, 0.29) is 24.0 Å². The van der Waals surface area contributed by atoms with Crippen molar-refractivity contribution < 1.29 is 23.5 Å². The fourth-order valence-electron chi connectivity index (χ4n) is 5.20. The van der Waals surface area contributed by atoms with E-state index >= 15 is 0 Å². The zero-order valence-corrected chi connectivity index (χ0v) is 28.9. The van der Waals surface area contributed by atoms with E-state index in [1.807, 2.05) is 0 Å². The number of rotatable bonds is 21. The van der Waals surface area contributed by atoms with Gasteiger partial charge >= 0.3 is 5.69 Å². The monoisotopic (exact) mass is 625 g/mol. The number of hydrogen-bond acceptors (Lipinski definition) is 7. The first kappa shape index (κ1) is 37.4. The smallest absolute Gasteiger partial charge is 0.330 e. The summed E-state index contributed by atoms with van der Waals surface area (Å²) in [7, 11) is -0.845. The molecule has 11 heteroatoms. The average molecular weight is 626 g/mol. The summed E-state index contributed by atoms with van der Waals surface area (Å²) in [5.74, 6) is -1.44. The maximum atomic E-state index is 12.6. The van der Waals surface area contributed by atoms with E-state index in [1.165, 1.54) is 81.0 Å². The molecule has 1 aliphatic heterocycles. The first-order valence-corrected chi connectivity index (χ1v) is 19.4. The van der Waals surface area contributed by atoms with Crippen molar-refractivity contribution >= 4 is 14.2 Å². The SMILES string of the molecule is CCCCCCCCCCCCCCCC(=O)NOC[C@]1(O[Si](C)(C)C(C)(C)C)C[C@H](OC)[C@H](n2ccc(=O)[nH]c2=O)O1. The van der Waals surface area contributed by atoms with Gasteiger partial charge in [-0.15, -0.1) is 0 Å². The summed E-state index contributed by atoms with van der Waals surface area (Å²) < 4.78 is 20.1.